The lowest BCUT2D eigenvalue weighted by molar-refractivity contribution is -0.274. The first-order chi connectivity index (χ1) is 15.2. The second-order valence-corrected chi connectivity index (χ2v) is 9.33. The Morgan fingerprint density at radius 1 is 1.22 bits per heavy atom. The van der Waals surface area contributed by atoms with E-state index in [-0.39, 0.29) is 11.5 Å². The first-order valence-corrected chi connectivity index (χ1v) is 11.2. The summed E-state index contributed by atoms with van der Waals surface area (Å²) >= 11 is 1.63. The number of fused-ring (bicyclic) bond motifs is 1. The summed E-state index contributed by atoms with van der Waals surface area (Å²) in [6.07, 6.45) is -4.80. The molecule has 4 rings (SSSR count). The van der Waals surface area contributed by atoms with Gasteiger partial charge in [0.25, 0.3) is 5.91 Å². The van der Waals surface area contributed by atoms with Gasteiger partial charge in [-0.15, -0.1) is 24.5 Å². The summed E-state index contributed by atoms with van der Waals surface area (Å²) < 4.78 is 40.9. The van der Waals surface area contributed by atoms with Crippen LogP contribution in [0.1, 0.15) is 15.2 Å². The van der Waals surface area contributed by atoms with Crippen molar-refractivity contribution in [3.05, 3.63) is 52.2 Å². The molecule has 32 heavy (non-hydrogen) atoms. The number of likely N-dealkylation sites (N-methyl/N-ethyl adjacent to an activating group) is 1. The van der Waals surface area contributed by atoms with Crippen molar-refractivity contribution >= 4 is 23.2 Å². The molecular weight excluding hydrogens is 443 g/mol. The van der Waals surface area contributed by atoms with Crippen LogP contribution in [0.15, 0.2) is 41.8 Å². The average Bonchev–Trinajstić information content (AvgIpc) is 3.08. The van der Waals surface area contributed by atoms with Gasteiger partial charge < -0.3 is 15.0 Å². The molecule has 10 heteroatoms. The van der Waals surface area contributed by atoms with Gasteiger partial charge in [-0.25, -0.2) is 0 Å². The number of rotatable bonds is 8. The van der Waals surface area contributed by atoms with Crippen molar-refractivity contribution in [2.45, 2.75) is 12.9 Å². The maximum absolute atomic E-state index is 12.5. The monoisotopic (exact) mass is 467 g/mol. The Hall–Kier alpha value is -2.59. The summed E-state index contributed by atoms with van der Waals surface area (Å²) in [6.45, 7) is 3.11. The first kappa shape index (κ1) is 22.6. The van der Waals surface area contributed by atoms with Crippen LogP contribution < -0.4 is 10.1 Å². The summed E-state index contributed by atoms with van der Waals surface area (Å²) in [7, 11) is 1.81. The number of hydrogen-bond donors (Lipinski definition) is 1. The number of carbonyl (C=O) groups excluding carboxylic acids is 2. The zero-order chi connectivity index (χ0) is 22.9. The standard InChI is InChI=1S/C22H24F3N3O3S/c1-27(10-16-6-3-7-32-16)20(29)13-28-11-18-17(19(18)12-28)9-26-21(30)14-4-2-5-15(8-14)31-22(23,24)25/h2-8,17-19H,9-13H2,1H3,(H,26,30). The lowest BCUT2D eigenvalue weighted by atomic mass is 10.2. The predicted octanol–water partition coefficient (Wildman–Crippen LogP) is 3.21. The predicted molar refractivity (Wildman–Crippen MR) is 113 cm³/mol. The van der Waals surface area contributed by atoms with E-state index in [0.717, 1.165) is 30.1 Å². The fourth-order valence-corrected chi connectivity index (χ4v) is 5.11. The minimum atomic E-state index is -4.80. The molecule has 0 bridgehead atoms. The maximum Gasteiger partial charge on any atom is 0.573 e. The van der Waals surface area contributed by atoms with Crippen molar-refractivity contribution in [3.63, 3.8) is 0 Å². The van der Waals surface area contributed by atoms with Gasteiger partial charge in [-0.1, -0.05) is 12.1 Å². The molecular formula is C22H24F3N3O3S. The number of nitrogens with one attached hydrogen (secondary N) is 1. The van der Waals surface area contributed by atoms with Crippen molar-refractivity contribution in [3.8, 4) is 5.75 Å². The third-order valence-electron chi connectivity index (χ3n) is 6.03. The van der Waals surface area contributed by atoms with Crippen molar-refractivity contribution in [2.75, 3.05) is 33.2 Å². The molecule has 1 aliphatic carbocycles. The zero-order valence-corrected chi connectivity index (χ0v) is 18.3. The number of ether oxygens (including phenoxy) is 1. The molecule has 2 unspecified atom stereocenters. The van der Waals surface area contributed by atoms with E-state index in [4.69, 9.17) is 0 Å². The van der Waals surface area contributed by atoms with Crippen LogP contribution in [0.25, 0.3) is 0 Å². The zero-order valence-electron chi connectivity index (χ0n) is 17.5. The number of likely N-dealkylation sites (tertiary alicyclic amines) is 1. The van der Waals surface area contributed by atoms with Gasteiger partial charge in [-0.3, -0.25) is 14.5 Å². The first-order valence-electron chi connectivity index (χ1n) is 10.3. The number of benzene rings is 1. The number of alkyl halides is 3. The van der Waals surface area contributed by atoms with Crippen molar-refractivity contribution in [1.82, 2.24) is 15.1 Å². The number of amides is 2. The summed E-state index contributed by atoms with van der Waals surface area (Å²) in [4.78, 5) is 29.8. The quantitative estimate of drug-likeness (QED) is 0.648. The molecule has 2 atom stereocenters. The topological polar surface area (TPSA) is 61.9 Å². The number of thiophene rings is 1. The Kier molecular flexibility index (Phi) is 6.43. The van der Waals surface area contributed by atoms with Crippen LogP contribution in [-0.2, 0) is 11.3 Å². The molecule has 0 radical (unpaired) electrons. The van der Waals surface area contributed by atoms with Crippen LogP contribution in [0.2, 0.25) is 0 Å². The molecule has 2 heterocycles. The summed E-state index contributed by atoms with van der Waals surface area (Å²) in [6, 6.07) is 9.02. The van der Waals surface area contributed by atoms with Gasteiger partial charge in [0.1, 0.15) is 5.75 Å². The molecule has 2 aliphatic rings. The van der Waals surface area contributed by atoms with E-state index in [0.29, 0.717) is 37.4 Å². The van der Waals surface area contributed by atoms with E-state index in [2.05, 4.69) is 15.0 Å². The van der Waals surface area contributed by atoms with Crippen LogP contribution in [-0.4, -0.2) is 61.2 Å². The van der Waals surface area contributed by atoms with Crippen LogP contribution in [0.3, 0.4) is 0 Å². The number of nitrogens with zero attached hydrogens (tertiary/aromatic N) is 2. The number of hydrogen-bond acceptors (Lipinski definition) is 5. The van der Waals surface area contributed by atoms with Gasteiger partial charge in [0.15, 0.2) is 0 Å². The highest BCUT2D eigenvalue weighted by Gasteiger charge is 2.55. The number of halogens is 3. The molecule has 2 fully saturated rings. The van der Waals surface area contributed by atoms with E-state index >= 15 is 0 Å². The number of carbonyl (C=O) groups is 2. The molecule has 1 aliphatic heterocycles. The minimum absolute atomic E-state index is 0.0884. The molecule has 1 aromatic carbocycles. The van der Waals surface area contributed by atoms with Gasteiger partial charge >= 0.3 is 6.36 Å². The van der Waals surface area contributed by atoms with E-state index < -0.39 is 18.0 Å². The van der Waals surface area contributed by atoms with Gasteiger partial charge in [-0.2, -0.15) is 0 Å². The van der Waals surface area contributed by atoms with Gasteiger partial charge in [0.2, 0.25) is 5.91 Å². The summed E-state index contributed by atoms with van der Waals surface area (Å²) in [5.74, 6) is 0.452. The van der Waals surface area contributed by atoms with Crippen LogP contribution in [0.4, 0.5) is 13.2 Å². The van der Waals surface area contributed by atoms with Gasteiger partial charge in [-0.05, 0) is 47.4 Å². The highest BCUT2D eigenvalue weighted by molar-refractivity contribution is 7.09. The maximum atomic E-state index is 12.5. The third-order valence-corrected chi connectivity index (χ3v) is 6.89. The van der Waals surface area contributed by atoms with Crippen LogP contribution in [0.5, 0.6) is 5.75 Å². The molecule has 0 spiro atoms. The second kappa shape index (κ2) is 9.11. The van der Waals surface area contributed by atoms with E-state index in [1.165, 1.54) is 12.1 Å². The van der Waals surface area contributed by atoms with E-state index in [1.807, 2.05) is 24.6 Å². The smallest absolute Gasteiger partial charge is 0.406 e. The fourth-order valence-electron chi connectivity index (χ4n) is 4.35. The largest absolute Gasteiger partial charge is 0.573 e. The van der Waals surface area contributed by atoms with E-state index in [1.54, 1.807) is 16.2 Å². The molecule has 172 valence electrons. The average molecular weight is 468 g/mol. The van der Waals surface area contributed by atoms with Gasteiger partial charge in [0.05, 0.1) is 13.1 Å². The Morgan fingerprint density at radius 3 is 2.62 bits per heavy atom. The summed E-state index contributed by atoms with van der Waals surface area (Å²) in [5.41, 5.74) is 0.124. The van der Waals surface area contributed by atoms with Crippen molar-refractivity contribution in [2.24, 2.45) is 17.8 Å². The Balaban J connectivity index is 1.19. The molecule has 1 saturated heterocycles. The Labute approximate surface area is 187 Å². The molecule has 2 amide bonds. The summed E-state index contributed by atoms with van der Waals surface area (Å²) in [5, 5.41) is 4.80. The highest BCUT2D eigenvalue weighted by atomic mass is 32.1. The van der Waals surface area contributed by atoms with Crippen LogP contribution in [0, 0.1) is 17.8 Å². The molecule has 1 saturated carbocycles. The van der Waals surface area contributed by atoms with Crippen molar-refractivity contribution in [1.29, 1.82) is 0 Å². The second-order valence-electron chi connectivity index (χ2n) is 8.30. The molecule has 1 N–H and O–H groups in total. The Bertz CT molecular complexity index is 955. The molecule has 1 aromatic heterocycles. The van der Waals surface area contributed by atoms with Gasteiger partial charge in [0, 0.05) is 37.1 Å². The molecule has 2 aromatic rings. The third kappa shape index (κ3) is 5.60. The highest BCUT2D eigenvalue weighted by Crippen LogP contribution is 2.51. The lowest BCUT2D eigenvalue weighted by Gasteiger charge is -2.23. The minimum Gasteiger partial charge on any atom is -0.406 e. The SMILES string of the molecule is CN(Cc1cccs1)C(=O)CN1CC2C(CNC(=O)c3cccc(OC(F)(F)F)c3)C2C1. The fraction of sp³-hybridized carbons (Fsp3) is 0.455. The Morgan fingerprint density at radius 2 is 1.97 bits per heavy atom. The normalized spacial score (nSPS) is 22.3. The number of piperidine rings is 1. The lowest BCUT2D eigenvalue weighted by Crippen LogP contribution is -2.39. The van der Waals surface area contributed by atoms with Crippen molar-refractivity contribution < 1.29 is 27.5 Å². The molecule has 6 nitrogen and oxygen atoms in total. The van der Waals surface area contributed by atoms with E-state index in [9.17, 15) is 22.8 Å². The van der Waals surface area contributed by atoms with Crippen LogP contribution >= 0.6 is 11.3 Å².